The minimum Gasteiger partial charge on any atom is -0.384 e. The fourth-order valence-electron chi connectivity index (χ4n) is 2.52. The van der Waals surface area contributed by atoms with Gasteiger partial charge < -0.3 is 10.0 Å². The number of aliphatic hydroxyl groups excluding tert-OH is 1. The molecular weight excluding hydrogens is 260 g/mol. The van der Waals surface area contributed by atoms with Crippen LogP contribution in [0.5, 0.6) is 0 Å². The number of pyridine rings is 1. The van der Waals surface area contributed by atoms with Crippen LogP contribution < -0.4 is 4.90 Å². The molecule has 1 unspecified atom stereocenters. The summed E-state index contributed by atoms with van der Waals surface area (Å²) in [4.78, 5) is 6.37. The maximum absolute atomic E-state index is 10.7. The van der Waals surface area contributed by atoms with E-state index in [-0.39, 0.29) is 0 Å². The van der Waals surface area contributed by atoms with Gasteiger partial charge in [-0.2, -0.15) is 0 Å². The number of fused-ring (bicyclic) bond motifs is 1. The van der Waals surface area contributed by atoms with Crippen molar-refractivity contribution in [1.29, 1.82) is 0 Å². The molecular formula is C18H18N2O. The van der Waals surface area contributed by atoms with Crippen molar-refractivity contribution in [2.24, 2.45) is 0 Å². The van der Waals surface area contributed by atoms with Crippen LogP contribution in [0.3, 0.4) is 0 Å². The molecule has 0 fully saturated rings. The standard InChI is InChI=1S/C18H18N2O/c1-20(2)14-7-3-6-13(12-14)18(21)16-8-4-10-17-15(16)9-5-11-19-17/h3-12,18,21H,1-2H3. The number of rotatable bonds is 3. The van der Waals surface area contributed by atoms with Gasteiger partial charge in [0.1, 0.15) is 6.10 Å². The van der Waals surface area contributed by atoms with Gasteiger partial charge in [0.15, 0.2) is 0 Å². The minimum absolute atomic E-state index is 0.655. The molecule has 1 heterocycles. The first-order valence-corrected chi connectivity index (χ1v) is 6.96. The average Bonchev–Trinajstić information content (AvgIpc) is 2.53. The van der Waals surface area contributed by atoms with Crippen LogP contribution in [0.4, 0.5) is 5.69 Å². The second kappa shape index (κ2) is 5.54. The predicted molar refractivity (Wildman–Crippen MR) is 86.6 cm³/mol. The Labute approximate surface area is 124 Å². The molecule has 3 nitrogen and oxygen atoms in total. The monoisotopic (exact) mass is 278 g/mol. The first-order chi connectivity index (χ1) is 10.2. The zero-order valence-electron chi connectivity index (χ0n) is 12.2. The van der Waals surface area contributed by atoms with Crippen LogP contribution in [0.2, 0.25) is 0 Å². The molecule has 0 saturated heterocycles. The highest BCUT2D eigenvalue weighted by molar-refractivity contribution is 5.82. The summed E-state index contributed by atoms with van der Waals surface area (Å²) >= 11 is 0. The largest absolute Gasteiger partial charge is 0.384 e. The van der Waals surface area contributed by atoms with Crippen LogP contribution in [-0.2, 0) is 0 Å². The fraction of sp³-hybridized carbons (Fsp3) is 0.167. The Balaban J connectivity index is 2.08. The Kier molecular flexibility index (Phi) is 3.59. The molecule has 0 saturated carbocycles. The average molecular weight is 278 g/mol. The number of aromatic nitrogens is 1. The highest BCUT2D eigenvalue weighted by Crippen LogP contribution is 2.29. The third-order valence-electron chi connectivity index (χ3n) is 3.68. The van der Waals surface area contributed by atoms with Crippen LogP contribution in [0.1, 0.15) is 17.2 Å². The molecule has 0 bridgehead atoms. The molecule has 1 aromatic heterocycles. The Hall–Kier alpha value is -2.39. The van der Waals surface area contributed by atoms with Crippen LogP contribution >= 0.6 is 0 Å². The Morgan fingerprint density at radius 1 is 1.00 bits per heavy atom. The first kappa shape index (κ1) is 13.6. The number of hydrogen-bond donors (Lipinski definition) is 1. The number of benzene rings is 2. The summed E-state index contributed by atoms with van der Waals surface area (Å²) in [7, 11) is 3.99. The van der Waals surface area contributed by atoms with Crippen LogP contribution in [0, 0.1) is 0 Å². The van der Waals surface area contributed by atoms with Crippen molar-refractivity contribution in [2.75, 3.05) is 19.0 Å². The van der Waals surface area contributed by atoms with E-state index in [0.29, 0.717) is 0 Å². The molecule has 2 aromatic carbocycles. The molecule has 0 spiro atoms. The quantitative estimate of drug-likeness (QED) is 0.798. The topological polar surface area (TPSA) is 36.4 Å². The van der Waals surface area contributed by atoms with Crippen LogP contribution in [0.15, 0.2) is 60.8 Å². The fourth-order valence-corrected chi connectivity index (χ4v) is 2.52. The lowest BCUT2D eigenvalue weighted by Crippen LogP contribution is -2.09. The molecule has 3 aromatic rings. The van der Waals surface area contributed by atoms with E-state index in [2.05, 4.69) is 4.98 Å². The molecule has 1 atom stereocenters. The summed E-state index contributed by atoms with van der Waals surface area (Å²) < 4.78 is 0. The molecule has 0 aliphatic rings. The van der Waals surface area contributed by atoms with Crippen molar-refractivity contribution in [3.05, 3.63) is 71.9 Å². The van der Waals surface area contributed by atoms with Gasteiger partial charge in [-0.3, -0.25) is 4.98 Å². The van der Waals surface area contributed by atoms with Crippen LogP contribution in [0.25, 0.3) is 10.9 Å². The molecule has 1 N–H and O–H groups in total. The first-order valence-electron chi connectivity index (χ1n) is 6.96. The molecule has 3 rings (SSSR count). The smallest absolute Gasteiger partial charge is 0.105 e. The number of aliphatic hydroxyl groups is 1. The summed E-state index contributed by atoms with van der Waals surface area (Å²) in [6.45, 7) is 0. The third-order valence-corrected chi connectivity index (χ3v) is 3.68. The van der Waals surface area contributed by atoms with Gasteiger partial charge in [-0.25, -0.2) is 0 Å². The number of anilines is 1. The van der Waals surface area contributed by atoms with E-state index in [0.717, 1.165) is 27.7 Å². The summed E-state index contributed by atoms with van der Waals surface area (Å²) in [5, 5.41) is 11.7. The zero-order chi connectivity index (χ0) is 14.8. The molecule has 21 heavy (non-hydrogen) atoms. The molecule has 0 aliphatic carbocycles. The van der Waals surface area contributed by atoms with Gasteiger partial charge in [0.25, 0.3) is 0 Å². The van der Waals surface area contributed by atoms with Gasteiger partial charge in [0.05, 0.1) is 5.52 Å². The van der Waals surface area contributed by atoms with Crippen LogP contribution in [-0.4, -0.2) is 24.2 Å². The van der Waals surface area contributed by atoms with Gasteiger partial charge in [0, 0.05) is 31.4 Å². The molecule has 106 valence electrons. The lowest BCUT2D eigenvalue weighted by Gasteiger charge is -2.17. The summed E-state index contributed by atoms with van der Waals surface area (Å²) in [6.07, 6.45) is 1.11. The Morgan fingerprint density at radius 3 is 2.62 bits per heavy atom. The van der Waals surface area contributed by atoms with E-state index in [1.807, 2.05) is 73.6 Å². The lowest BCUT2D eigenvalue weighted by molar-refractivity contribution is 0.222. The van der Waals surface area contributed by atoms with Crippen molar-refractivity contribution in [3.8, 4) is 0 Å². The minimum atomic E-state index is -0.655. The Morgan fingerprint density at radius 2 is 1.81 bits per heavy atom. The molecule has 0 radical (unpaired) electrons. The highest BCUT2D eigenvalue weighted by atomic mass is 16.3. The second-order valence-electron chi connectivity index (χ2n) is 5.31. The normalized spacial score (nSPS) is 12.3. The Bertz CT molecular complexity index is 763. The van der Waals surface area contributed by atoms with E-state index >= 15 is 0 Å². The summed E-state index contributed by atoms with van der Waals surface area (Å²) in [5.74, 6) is 0. The summed E-state index contributed by atoms with van der Waals surface area (Å²) in [5.41, 5.74) is 3.75. The van der Waals surface area contributed by atoms with Crippen molar-refractivity contribution >= 4 is 16.6 Å². The van der Waals surface area contributed by atoms with Crippen molar-refractivity contribution in [3.63, 3.8) is 0 Å². The van der Waals surface area contributed by atoms with Gasteiger partial charge in [-0.05, 0) is 35.4 Å². The van der Waals surface area contributed by atoms with E-state index in [1.165, 1.54) is 0 Å². The second-order valence-corrected chi connectivity index (χ2v) is 5.31. The highest BCUT2D eigenvalue weighted by Gasteiger charge is 2.14. The van der Waals surface area contributed by atoms with Crippen molar-refractivity contribution < 1.29 is 5.11 Å². The van der Waals surface area contributed by atoms with E-state index < -0.39 is 6.10 Å². The van der Waals surface area contributed by atoms with E-state index in [4.69, 9.17) is 0 Å². The van der Waals surface area contributed by atoms with E-state index in [1.54, 1.807) is 6.20 Å². The maximum atomic E-state index is 10.7. The molecule has 0 aliphatic heterocycles. The lowest BCUT2D eigenvalue weighted by atomic mass is 9.97. The van der Waals surface area contributed by atoms with Gasteiger partial charge in [-0.15, -0.1) is 0 Å². The van der Waals surface area contributed by atoms with Crippen molar-refractivity contribution in [2.45, 2.75) is 6.10 Å². The van der Waals surface area contributed by atoms with Gasteiger partial charge >= 0.3 is 0 Å². The van der Waals surface area contributed by atoms with Gasteiger partial charge in [-0.1, -0.05) is 30.3 Å². The molecule has 0 amide bonds. The third kappa shape index (κ3) is 2.60. The summed E-state index contributed by atoms with van der Waals surface area (Å²) in [6, 6.07) is 17.7. The maximum Gasteiger partial charge on any atom is 0.105 e. The molecule has 3 heteroatoms. The van der Waals surface area contributed by atoms with Gasteiger partial charge in [0.2, 0.25) is 0 Å². The van der Waals surface area contributed by atoms with Crippen molar-refractivity contribution in [1.82, 2.24) is 4.98 Å². The predicted octanol–water partition coefficient (Wildman–Crippen LogP) is 3.38. The zero-order valence-corrected chi connectivity index (χ0v) is 12.2. The number of nitrogens with zero attached hydrogens (tertiary/aromatic N) is 2. The SMILES string of the molecule is CN(C)c1cccc(C(O)c2cccc3ncccc23)c1. The van der Waals surface area contributed by atoms with E-state index in [9.17, 15) is 5.11 Å². The number of hydrogen-bond acceptors (Lipinski definition) is 3.